The van der Waals surface area contributed by atoms with E-state index in [0.717, 1.165) is 5.92 Å². The van der Waals surface area contributed by atoms with Gasteiger partial charge in [0.15, 0.2) is 0 Å². The largest absolute Gasteiger partial charge is 0.126 e. The van der Waals surface area contributed by atoms with Crippen molar-refractivity contribution in [3.05, 3.63) is 23.3 Å². The highest BCUT2D eigenvalue weighted by molar-refractivity contribution is 8.00. The second-order valence-corrected chi connectivity index (χ2v) is 8.34. The fourth-order valence-corrected chi connectivity index (χ4v) is 4.13. The Morgan fingerprint density at radius 1 is 1.00 bits per heavy atom. The van der Waals surface area contributed by atoms with E-state index in [1.54, 1.807) is 0 Å². The Morgan fingerprint density at radius 3 is 2.00 bits per heavy atom. The highest BCUT2D eigenvalue weighted by atomic mass is 32.2. The first-order valence-corrected chi connectivity index (χ1v) is 8.67. The van der Waals surface area contributed by atoms with Crippen LogP contribution >= 0.6 is 23.5 Å². The maximum Gasteiger partial charge on any atom is 0.0134 e. The summed E-state index contributed by atoms with van der Waals surface area (Å²) in [6, 6.07) is 4.70. The fraction of sp³-hybridized carbons (Fsp3) is 0.625. The van der Waals surface area contributed by atoms with Crippen molar-refractivity contribution in [3.8, 4) is 0 Å². The topological polar surface area (TPSA) is 0 Å². The summed E-state index contributed by atoms with van der Waals surface area (Å²) in [6.45, 7) is 13.6. The van der Waals surface area contributed by atoms with Crippen LogP contribution in [-0.2, 0) is 0 Å². The molecule has 18 heavy (non-hydrogen) atoms. The van der Waals surface area contributed by atoms with Gasteiger partial charge >= 0.3 is 0 Å². The van der Waals surface area contributed by atoms with E-state index in [1.165, 1.54) is 33.1 Å². The Kier molecular flexibility index (Phi) is 6.65. The molecular weight excluding hydrogens is 256 g/mol. The molecule has 0 bridgehead atoms. The van der Waals surface area contributed by atoms with Gasteiger partial charge in [0.05, 0.1) is 0 Å². The molecule has 0 unspecified atom stereocenters. The van der Waals surface area contributed by atoms with E-state index in [1.807, 2.05) is 23.5 Å². The minimum atomic E-state index is 0.654. The van der Waals surface area contributed by atoms with Crippen LogP contribution in [0.3, 0.4) is 0 Å². The first-order chi connectivity index (χ1) is 8.40. The number of hydrogen-bond acceptors (Lipinski definition) is 2. The average Bonchev–Trinajstić information content (AvgIpc) is 2.22. The van der Waals surface area contributed by atoms with Crippen molar-refractivity contribution < 1.29 is 0 Å². The molecular formula is C16H26S2. The van der Waals surface area contributed by atoms with Crippen LogP contribution in [0.5, 0.6) is 0 Å². The molecule has 102 valence electrons. The molecule has 1 aromatic carbocycles. The number of rotatable bonds is 6. The van der Waals surface area contributed by atoms with E-state index in [-0.39, 0.29) is 0 Å². The third-order valence-electron chi connectivity index (χ3n) is 2.75. The Hall–Kier alpha value is -0.0800. The van der Waals surface area contributed by atoms with Gasteiger partial charge in [-0.25, -0.2) is 0 Å². The maximum atomic E-state index is 2.35. The Morgan fingerprint density at radius 2 is 1.56 bits per heavy atom. The second-order valence-electron chi connectivity index (χ2n) is 5.58. The molecule has 0 N–H and O–H groups in total. The molecule has 0 heterocycles. The Labute approximate surface area is 121 Å². The predicted octanol–water partition coefficient (Wildman–Crippen LogP) is 5.94. The third kappa shape index (κ3) is 5.27. The summed E-state index contributed by atoms with van der Waals surface area (Å²) in [5.41, 5.74) is 2.86. The molecule has 0 aliphatic rings. The molecule has 0 spiro atoms. The van der Waals surface area contributed by atoms with Crippen LogP contribution in [0.1, 0.15) is 45.2 Å². The monoisotopic (exact) mass is 282 g/mol. The van der Waals surface area contributed by atoms with Crippen LogP contribution < -0.4 is 0 Å². The van der Waals surface area contributed by atoms with Gasteiger partial charge in [0.2, 0.25) is 0 Å². The summed E-state index contributed by atoms with van der Waals surface area (Å²) in [5.74, 6) is 2.03. The second kappa shape index (κ2) is 7.49. The zero-order chi connectivity index (χ0) is 13.7. The number of hydrogen-bond donors (Lipinski definition) is 0. The molecule has 0 saturated heterocycles. The molecule has 0 aromatic heterocycles. The van der Waals surface area contributed by atoms with Gasteiger partial charge in [-0.15, -0.1) is 23.5 Å². The van der Waals surface area contributed by atoms with E-state index in [4.69, 9.17) is 0 Å². The predicted molar refractivity (Wildman–Crippen MR) is 87.1 cm³/mol. The van der Waals surface area contributed by atoms with Crippen LogP contribution in [0.15, 0.2) is 21.9 Å². The standard InChI is InChI=1S/C16H26S2/c1-11(2)7-8-17-15-9-13(5)16(14(6)10-15)18-12(3)4/h9-12H,7-8H2,1-6H3. The number of thioether (sulfide) groups is 2. The van der Waals surface area contributed by atoms with Gasteiger partial charge in [-0.1, -0.05) is 27.7 Å². The average molecular weight is 283 g/mol. The summed E-state index contributed by atoms with van der Waals surface area (Å²) in [6.07, 6.45) is 1.30. The molecule has 0 radical (unpaired) electrons. The summed E-state index contributed by atoms with van der Waals surface area (Å²) < 4.78 is 0. The maximum absolute atomic E-state index is 2.35. The molecule has 0 atom stereocenters. The lowest BCUT2D eigenvalue weighted by Gasteiger charge is -2.14. The van der Waals surface area contributed by atoms with Gasteiger partial charge in [-0.05, 0) is 55.2 Å². The van der Waals surface area contributed by atoms with Crippen LogP contribution in [0.4, 0.5) is 0 Å². The molecule has 0 aliphatic heterocycles. The van der Waals surface area contributed by atoms with Crippen molar-refractivity contribution in [1.82, 2.24) is 0 Å². The molecule has 0 saturated carbocycles. The van der Waals surface area contributed by atoms with E-state index < -0.39 is 0 Å². The van der Waals surface area contributed by atoms with E-state index in [0.29, 0.717) is 5.25 Å². The normalized spacial score (nSPS) is 11.6. The van der Waals surface area contributed by atoms with E-state index in [2.05, 4.69) is 53.7 Å². The lowest BCUT2D eigenvalue weighted by atomic mass is 10.1. The van der Waals surface area contributed by atoms with Gasteiger partial charge in [-0.2, -0.15) is 0 Å². The van der Waals surface area contributed by atoms with Crippen LogP contribution in [0.25, 0.3) is 0 Å². The highest BCUT2D eigenvalue weighted by Gasteiger charge is 2.08. The quantitative estimate of drug-likeness (QED) is 0.592. The lowest BCUT2D eigenvalue weighted by molar-refractivity contribution is 0.632. The fourth-order valence-electron chi connectivity index (χ4n) is 1.83. The van der Waals surface area contributed by atoms with Gasteiger partial charge in [0.1, 0.15) is 0 Å². The van der Waals surface area contributed by atoms with Gasteiger partial charge in [0, 0.05) is 15.0 Å². The highest BCUT2D eigenvalue weighted by Crippen LogP contribution is 2.33. The number of aryl methyl sites for hydroxylation is 2. The van der Waals surface area contributed by atoms with Crippen LogP contribution in [0.2, 0.25) is 0 Å². The minimum absolute atomic E-state index is 0.654. The SMILES string of the molecule is Cc1cc(SCCC(C)C)cc(C)c1SC(C)C. The van der Waals surface area contributed by atoms with Crippen LogP contribution in [0, 0.1) is 19.8 Å². The summed E-state index contributed by atoms with van der Waals surface area (Å²) in [5, 5.41) is 0.654. The summed E-state index contributed by atoms with van der Waals surface area (Å²) in [4.78, 5) is 2.90. The van der Waals surface area contributed by atoms with Gasteiger partial charge in [0.25, 0.3) is 0 Å². The Bertz CT molecular complexity index is 358. The molecule has 2 heteroatoms. The number of benzene rings is 1. The zero-order valence-electron chi connectivity index (χ0n) is 12.5. The van der Waals surface area contributed by atoms with Crippen LogP contribution in [-0.4, -0.2) is 11.0 Å². The molecule has 1 rings (SSSR count). The van der Waals surface area contributed by atoms with Crippen molar-refractivity contribution in [2.75, 3.05) is 5.75 Å². The smallest absolute Gasteiger partial charge is 0.0134 e. The zero-order valence-corrected chi connectivity index (χ0v) is 14.2. The third-order valence-corrected chi connectivity index (χ3v) is 5.11. The molecule has 0 aliphatic carbocycles. The van der Waals surface area contributed by atoms with Crippen molar-refractivity contribution >= 4 is 23.5 Å². The lowest BCUT2D eigenvalue weighted by Crippen LogP contribution is -1.94. The van der Waals surface area contributed by atoms with E-state index >= 15 is 0 Å². The van der Waals surface area contributed by atoms with Crippen molar-refractivity contribution in [2.45, 2.75) is 63.0 Å². The van der Waals surface area contributed by atoms with E-state index in [9.17, 15) is 0 Å². The summed E-state index contributed by atoms with van der Waals surface area (Å²) in [7, 11) is 0. The minimum Gasteiger partial charge on any atom is -0.126 e. The summed E-state index contributed by atoms with van der Waals surface area (Å²) >= 11 is 3.98. The molecule has 0 nitrogen and oxygen atoms in total. The Balaban J connectivity index is 2.73. The van der Waals surface area contributed by atoms with Gasteiger partial charge in [-0.3, -0.25) is 0 Å². The first-order valence-electron chi connectivity index (χ1n) is 6.80. The van der Waals surface area contributed by atoms with Crippen molar-refractivity contribution in [3.63, 3.8) is 0 Å². The molecule has 0 amide bonds. The molecule has 0 fully saturated rings. The van der Waals surface area contributed by atoms with Crippen molar-refractivity contribution in [1.29, 1.82) is 0 Å². The first kappa shape index (κ1) is 16.0. The molecule has 1 aromatic rings. The van der Waals surface area contributed by atoms with Crippen molar-refractivity contribution in [2.24, 2.45) is 5.92 Å². The van der Waals surface area contributed by atoms with Gasteiger partial charge < -0.3 is 0 Å².